The normalized spacial score (nSPS) is 24.9. The van der Waals surface area contributed by atoms with Crippen molar-refractivity contribution in [1.82, 2.24) is 5.32 Å². The Balaban J connectivity index is 2.21. The number of halogens is 3. The van der Waals surface area contributed by atoms with Crippen LogP contribution in [-0.2, 0) is 4.79 Å². The molecule has 2 unspecified atom stereocenters. The van der Waals surface area contributed by atoms with Crippen LogP contribution in [0, 0.1) is 11.8 Å². The van der Waals surface area contributed by atoms with Gasteiger partial charge in [0.1, 0.15) is 0 Å². The zero-order chi connectivity index (χ0) is 12.9. The first kappa shape index (κ1) is 14.6. The number of hydrogen-bond acceptors (Lipinski definition) is 3. The Morgan fingerprint density at radius 1 is 1.41 bits per heavy atom. The molecule has 100 valence electrons. The number of carbonyl (C=O) groups excluding carboxylic acids is 1. The maximum atomic E-state index is 11.8. The largest absolute Gasteiger partial charge is 0.441 e. The van der Waals surface area contributed by atoms with Gasteiger partial charge in [0.15, 0.2) is 0 Å². The molecule has 0 saturated heterocycles. The molecule has 0 heterocycles. The standard InChI is InChI=1S/C10H17F3N2OS/c11-10(12,13)17-5-4-15-9(16)8-3-1-2-7(8)6-14/h7-8H,1-6,14H2,(H,15,16). The van der Waals surface area contributed by atoms with Gasteiger partial charge in [0.2, 0.25) is 5.91 Å². The first-order valence-corrected chi connectivity index (χ1v) is 6.61. The summed E-state index contributed by atoms with van der Waals surface area (Å²) in [7, 11) is 0. The summed E-state index contributed by atoms with van der Waals surface area (Å²) in [5.41, 5.74) is 1.32. The molecule has 1 rings (SSSR count). The van der Waals surface area contributed by atoms with Crippen LogP contribution < -0.4 is 11.1 Å². The molecule has 1 fully saturated rings. The lowest BCUT2D eigenvalue weighted by Gasteiger charge is -2.17. The van der Waals surface area contributed by atoms with Gasteiger partial charge in [-0.1, -0.05) is 6.42 Å². The third kappa shape index (κ3) is 5.16. The highest BCUT2D eigenvalue weighted by molar-refractivity contribution is 8.00. The minimum absolute atomic E-state index is 0.0524. The summed E-state index contributed by atoms with van der Waals surface area (Å²) in [6.45, 7) is 0.520. The zero-order valence-electron chi connectivity index (χ0n) is 9.43. The summed E-state index contributed by atoms with van der Waals surface area (Å²) in [6, 6.07) is 0. The van der Waals surface area contributed by atoms with Gasteiger partial charge in [0.25, 0.3) is 0 Å². The van der Waals surface area contributed by atoms with Gasteiger partial charge >= 0.3 is 5.51 Å². The summed E-state index contributed by atoms with van der Waals surface area (Å²) in [5, 5.41) is 2.55. The molecule has 17 heavy (non-hydrogen) atoms. The van der Waals surface area contributed by atoms with E-state index in [9.17, 15) is 18.0 Å². The fourth-order valence-corrected chi connectivity index (χ4v) is 2.57. The van der Waals surface area contributed by atoms with Crippen molar-refractivity contribution in [3.05, 3.63) is 0 Å². The molecular formula is C10H17F3N2OS. The number of hydrogen-bond donors (Lipinski definition) is 2. The van der Waals surface area contributed by atoms with Gasteiger partial charge in [0, 0.05) is 18.2 Å². The Kier molecular flexibility index (Phi) is 5.58. The van der Waals surface area contributed by atoms with Crippen LogP contribution in [0.15, 0.2) is 0 Å². The van der Waals surface area contributed by atoms with Gasteiger partial charge in [-0.15, -0.1) is 0 Å². The molecule has 1 saturated carbocycles. The van der Waals surface area contributed by atoms with E-state index in [1.54, 1.807) is 0 Å². The van der Waals surface area contributed by atoms with Crippen LogP contribution in [0.3, 0.4) is 0 Å². The van der Waals surface area contributed by atoms with E-state index in [1.807, 2.05) is 0 Å². The third-order valence-corrected chi connectivity index (χ3v) is 3.70. The lowest BCUT2D eigenvalue weighted by Crippen LogP contribution is -2.36. The Bertz CT molecular complexity index is 260. The molecule has 7 heteroatoms. The zero-order valence-corrected chi connectivity index (χ0v) is 10.2. The van der Waals surface area contributed by atoms with Gasteiger partial charge in [-0.2, -0.15) is 13.2 Å². The molecule has 0 spiro atoms. The molecule has 0 bridgehead atoms. The molecule has 0 radical (unpaired) electrons. The van der Waals surface area contributed by atoms with Gasteiger partial charge < -0.3 is 11.1 Å². The van der Waals surface area contributed by atoms with Crippen LogP contribution in [-0.4, -0.2) is 30.3 Å². The molecule has 0 aromatic rings. The summed E-state index contributed by atoms with van der Waals surface area (Å²) in [4.78, 5) is 11.7. The van der Waals surface area contributed by atoms with E-state index in [1.165, 1.54) is 0 Å². The third-order valence-electron chi connectivity index (χ3n) is 2.97. The van der Waals surface area contributed by atoms with E-state index in [0.29, 0.717) is 6.54 Å². The highest BCUT2D eigenvalue weighted by Crippen LogP contribution is 2.31. The van der Waals surface area contributed by atoms with E-state index < -0.39 is 5.51 Å². The van der Waals surface area contributed by atoms with Gasteiger partial charge in [0.05, 0.1) is 0 Å². The molecule has 1 aliphatic rings. The van der Waals surface area contributed by atoms with E-state index in [4.69, 9.17) is 5.73 Å². The number of nitrogens with two attached hydrogens (primary N) is 1. The lowest BCUT2D eigenvalue weighted by molar-refractivity contribution is -0.125. The van der Waals surface area contributed by atoms with Gasteiger partial charge in [-0.05, 0) is 37.1 Å². The molecule has 3 nitrogen and oxygen atoms in total. The smallest absolute Gasteiger partial charge is 0.355 e. The number of amides is 1. The predicted molar refractivity (Wildman–Crippen MR) is 61.4 cm³/mol. The number of rotatable bonds is 5. The number of carbonyl (C=O) groups is 1. The topological polar surface area (TPSA) is 55.1 Å². The van der Waals surface area contributed by atoms with Crippen molar-refractivity contribution >= 4 is 17.7 Å². The molecule has 3 N–H and O–H groups in total. The van der Waals surface area contributed by atoms with Crippen molar-refractivity contribution in [2.45, 2.75) is 24.8 Å². The van der Waals surface area contributed by atoms with Crippen LogP contribution >= 0.6 is 11.8 Å². The molecule has 0 aliphatic heterocycles. The van der Waals surface area contributed by atoms with Crippen molar-refractivity contribution in [2.75, 3.05) is 18.8 Å². The first-order valence-electron chi connectivity index (χ1n) is 5.62. The number of alkyl halides is 3. The van der Waals surface area contributed by atoms with Crippen molar-refractivity contribution in [3.8, 4) is 0 Å². The maximum Gasteiger partial charge on any atom is 0.441 e. The monoisotopic (exact) mass is 270 g/mol. The second-order valence-corrected chi connectivity index (χ2v) is 5.28. The Morgan fingerprint density at radius 3 is 2.71 bits per heavy atom. The highest BCUT2D eigenvalue weighted by Gasteiger charge is 2.32. The number of thioether (sulfide) groups is 1. The maximum absolute atomic E-state index is 11.8. The van der Waals surface area contributed by atoms with Crippen molar-refractivity contribution in [1.29, 1.82) is 0 Å². The molecule has 1 amide bonds. The van der Waals surface area contributed by atoms with Gasteiger partial charge in [-0.3, -0.25) is 4.79 Å². The molecule has 2 atom stereocenters. The minimum Gasteiger partial charge on any atom is -0.355 e. The van der Waals surface area contributed by atoms with E-state index in [-0.39, 0.29) is 41.8 Å². The van der Waals surface area contributed by atoms with Crippen molar-refractivity contribution in [2.24, 2.45) is 17.6 Å². The predicted octanol–water partition coefficient (Wildman–Crippen LogP) is 1.73. The average Bonchev–Trinajstić information content (AvgIpc) is 2.70. The first-order chi connectivity index (χ1) is 7.94. The SMILES string of the molecule is NCC1CCCC1C(=O)NCCSC(F)(F)F. The molecule has 0 aromatic heterocycles. The molecule has 0 aromatic carbocycles. The van der Waals surface area contributed by atoms with Crippen LogP contribution in [0.25, 0.3) is 0 Å². The second kappa shape index (κ2) is 6.49. The summed E-state index contributed by atoms with van der Waals surface area (Å²) >= 11 is -0.115. The summed E-state index contributed by atoms with van der Waals surface area (Å²) in [6.07, 6.45) is 2.70. The van der Waals surface area contributed by atoms with Crippen LogP contribution in [0.1, 0.15) is 19.3 Å². The Labute approximate surface area is 103 Å². The van der Waals surface area contributed by atoms with Crippen molar-refractivity contribution < 1.29 is 18.0 Å². The fraction of sp³-hybridized carbons (Fsp3) is 0.900. The Morgan fingerprint density at radius 2 is 2.12 bits per heavy atom. The Hall–Kier alpha value is -0.430. The molecule has 1 aliphatic carbocycles. The highest BCUT2D eigenvalue weighted by atomic mass is 32.2. The molecular weight excluding hydrogens is 253 g/mol. The van der Waals surface area contributed by atoms with Crippen LogP contribution in [0.5, 0.6) is 0 Å². The average molecular weight is 270 g/mol. The fourth-order valence-electron chi connectivity index (χ4n) is 2.14. The lowest BCUT2D eigenvalue weighted by atomic mass is 9.95. The van der Waals surface area contributed by atoms with Gasteiger partial charge in [-0.25, -0.2) is 0 Å². The van der Waals surface area contributed by atoms with E-state index in [2.05, 4.69) is 5.32 Å². The minimum atomic E-state index is -4.22. The van der Waals surface area contributed by atoms with E-state index in [0.717, 1.165) is 19.3 Å². The summed E-state index contributed by atoms with van der Waals surface area (Å²) in [5.74, 6) is -0.225. The van der Waals surface area contributed by atoms with Crippen LogP contribution in [0.4, 0.5) is 13.2 Å². The quantitative estimate of drug-likeness (QED) is 0.748. The van der Waals surface area contributed by atoms with Crippen molar-refractivity contribution in [3.63, 3.8) is 0 Å². The summed E-state index contributed by atoms with van der Waals surface area (Å²) < 4.78 is 35.5. The second-order valence-electron chi connectivity index (χ2n) is 4.12. The number of nitrogens with one attached hydrogen (secondary N) is 1. The van der Waals surface area contributed by atoms with E-state index >= 15 is 0 Å². The van der Waals surface area contributed by atoms with Crippen LogP contribution in [0.2, 0.25) is 0 Å².